The van der Waals surface area contributed by atoms with Gasteiger partial charge >= 0.3 is 0 Å². The van der Waals surface area contributed by atoms with Crippen molar-refractivity contribution in [1.29, 1.82) is 0 Å². The highest BCUT2D eigenvalue weighted by Crippen LogP contribution is 2.33. The quantitative estimate of drug-likeness (QED) is 0.917. The molecule has 0 saturated heterocycles. The number of pyridine rings is 1. The number of nitrogens with one attached hydrogen (secondary N) is 1. The lowest BCUT2D eigenvalue weighted by Gasteiger charge is -2.27. The predicted molar refractivity (Wildman–Crippen MR) is 87.4 cm³/mol. The normalized spacial score (nSPS) is 18.1. The SMILES string of the molecule is O=C1CCCc2nc(NS(=O)(=O)c3ccnn3C3CCC3)ccc21. The molecule has 2 aliphatic rings. The molecule has 1 N–H and O–H groups in total. The number of fused-ring (bicyclic) bond motifs is 1. The number of hydrogen-bond donors (Lipinski definition) is 1. The molecular weight excluding hydrogens is 328 g/mol. The van der Waals surface area contributed by atoms with Gasteiger partial charge in [0.25, 0.3) is 10.0 Å². The number of sulfonamides is 1. The zero-order chi connectivity index (χ0) is 16.7. The lowest BCUT2D eigenvalue weighted by Crippen LogP contribution is -2.25. The smallest absolute Gasteiger partial charge is 0.280 e. The van der Waals surface area contributed by atoms with Gasteiger partial charge in [-0.2, -0.15) is 13.5 Å². The van der Waals surface area contributed by atoms with Crippen molar-refractivity contribution in [2.24, 2.45) is 0 Å². The summed E-state index contributed by atoms with van der Waals surface area (Å²) in [7, 11) is -3.76. The van der Waals surface area contributed by atoms with Crippen LogP contribution < -0.4 is 4.72 Å². The molecule has 7 nitrogen and oxygen atoms in total. The van der Waals surface area contributed by atoms with Crippen LogP contribution in [0, 0.1) is 0 Å². The molecule has 2 aliphatic carbocycles. The van der Waals surface area contributed by atoms with E-state index in [-0.39, 0.29) is 22.7 Å². The zero-order valence-electron chi connectivity index (χ0n) is 13.1. The Morgan fingerprint density at radius 2 is 1.96 bits per heavy atom. The van der Waals surface area contributed by atoms with Crippen LogP contribution in [0.3, 0.4) is 0 Å². The molecule has 4 rings (SSSR count). The molecule has 8 heteroatoms. The van der Waals surface area contributed by atoms with Crippen LogP contribution in [0.15, 0.2) is 29.4 Å². The Labute approximate surface area is 140 Å². The lowest BCUT2D eigenvalue weighted by molar-refractivity contribution is 0.0971. The molecule has 1 saturated carbocycles. The highest BCUT2D eigenvalue weighted by atomic mass is 32.2. The minimum absolute atomic E-state index is 0.0706. The average molecular weight is 346 g/mol. The second-order valence-corrected chi connectivity index (χ2v) is 7.90. The van der Waals surface area contributed by atoms with E-state index in [0.717, 1.165) is 25.7 Å². The van der Waals surface area contributed by atoms with Crippen molar-refractivity contribution in [3.8, 4) is 0 Å². The molecule has 0 unspecified atom stereocenters. The molecule has 126 valence electrons. The summed E-state index contributed by atoms with van der Waals surface area (Å²) in [5, 5.41) is 4.31. The van der Waals surface area contributed by atoms with Gasteiger partial charge < -0.3 is 0 Å². The molecule has 2 heterocycles. The van der Waals surface area contributed by atoms with Gasteiger partial charge in [-0.05, 0) is 50.3 Å². The van der Waals surface area contributed by atoms with E-state index in [1.807, 2.05) is 0 Å². The molecule has 0 spiro atoms. The van der Waals surface area contributed by atoms with E-state index in [1.54, 1.807) is 16.8 Å². The van der Waals surface area contributed by atoms with Crippen molar-refractivity contribution in [2.75, 3.05) is 4.72 Å². The van der Waals surface area contributed by atoms with Gasteiger partial charge in [-0.1, -0.05) is 0 Å². The van der Waals surface area contributed by atoms with Crippen LogP contribution in [0.25, 0.3) is 0 Å². The molecule has 0 bridgehead atoms. The number of hydrogen-bond acceptors (Lipinski definition) is 5. The maximum Gasteiger partial charge on any atom is 0.280 e. The summed E-state index contributed by atoms with van der Waals surface area (Å²) < 4.78 is 29.5. The van der Waals surface area contributed by atoms with E-state index in [2.05, 4.69) is 14.8 Å². The van der Waals surface area contributed by atoms with Gasteiger partial charge in [0.05, 0.1) is 17.9 Å². The van der Waals surface area contributed by atoms with E-state index in [0.29, 0.717) is 24.1 Å². The van der Waals surface area contributed by atoms with Crippen molar-refractivity contribution in [1.82, 2.24) is 14.8 Å². The monoisotopic (exact) mass is 346 g/mol. The van der Waals surface area contributed by atoms with E-state index in [1.165, 1.54) is 12.3 Å². The first-order chi connectivity index (χ1) is 11.5. The summed E-state index contributed by atoms with van der Waals surface area (Å²) in [5.74, 6) is 0.311. The maximum absolute atomic E-state index is 12.7. The van der Waals surface area contributed by atoms with Crippen molar-refractivity contribution < 1.29 is 13.2 Å². The van der Waals surface area contributed by atoms with Gasteiger partial charge in [-0.3, -0.25) is 9.52 Å². The molecule has 24 heavy (non-hydrogen) atoms. The fourth-order valence-corrected chi connectivity index (χ4v) is 4.34. The summed E-state index contributed by atoms with van der Waals surface area (Å²) in [6.07, 6.45) is 6.47. The van der Waals surface area contributed by atoms with Crippen LogP contribution in [0.4, 0.5) is 5.82 Å². The first kappa shape index (κ1) is 15.3. The van der Waals surface area contributed by atoms with Crippen LogP contribution in [0.5, 0.6) is 0 Å². The second-order valence-electron chi connectivity index (χ2n) is 6.27. The molecule has 0 aliphatic heterocycles. The summed E-state index contributed by atoms with van der Waals surface area (Å²) in [5.41, 5.74) is 1.27. The van der Waals surface area contributed by atoms with Crippen LogP contribution >= 0.6 is 0 Å². The van der Waals surface area contributed by atoms with Crippen molar-refractivity contribution in [3.63, 3.8) is 0 Å². The molecular formula is C16H18N4O3S. The highest BCUT2D eigenvalue weighted by molar-refractivity contribution is 7.92. The Balaban J connectivity index is 1.63. The summed E-state index contributed by atoms with van der Waals surface area (Å²) >= 11 is 0. The fraction of sp³-hybridized carbons (Fsp3) is 0.438. The first-order valence-electron chi connectivity index (χ1n) is 8.14. The minimum Gasteiger partial charge on any atom is -0.294 e. The van der Waals surface area contributed by atoms with E-state index >= 15 is 0 Å². The Bertz CT molecular complexity index is 900. The number of anilines is 1. The van der Waals surface area contributed by atoms with Gasteiger partial charge in [0.15, 0.2) is 10.8 Å². The molecule has 1 fully saturated rings. The second kappa shape index (κ2) is 5.70. The van der Waals surface area contributed by atoms with Crippen LogP contribution in [0.1, 0.15) is 54.2 Å². The van der Waals surface area contributed by atoms with E-state index in [9.17, 15) is 13.2 Å². The van der Waals surface area contributed by atoms with Crippen molar-refractivity contribution in [2.45, 2.75) is 49.6 Å². The maximum atomic E-state index is 12.7. The van der Waals surface area contributed by atoms with Crippen LogP contribution in [-0.4, -0.2) is 29.0 Å². The summed E-state index contributed by atoms with van der Waals surface area (Å²) in [4.78, 5) is 16.2. The molecule has 0 radical (unpaired) electrons. The number of aryl methyl sites for hydroxylation is 1. The first-order valence-corrected chi connectivity index (χ1v) is 9.62. The zero-order valence-corrected chi connectivity index (χ0v) is 13.9. The Hall–Kier alpha value is -2.22. The minimum atomic E-state index is -3.76. The van der Waals surface area contributed by atoms with Gasteiger partial charge in [-0.25, -0.2) is 9.67 Å². The van der Waals surface area contributed by atoms with Gasteiger partial charge in [0.2, 0.25) is 0 Å². The fourth-order valence-electron chi connectivity index (χ4n) is 3.16. The number of nitrogens with zero attached hydrogens (tertiary/aromatic N) is 3. The number of ketones is 1. The van der Waals surface area contributed by atoms with Crippen LogP contribution in [0.2, 0.25) is 0 Å². The number of carbonyl (C=O) groups excluding carboxylic acids is 1. The van der Waals surface area contributed by atoms with Gasteiger partial charge in [0.1, 0.15) is 5.82 Å². The molecule has 2 aromatic rings. The Morgan fingerprint density at radius 3 is 2.71 bits per heavy atom. The molecule has 0 amide bonds. The van der Waals surface area contributed by atoms with E-state index in [4.69, 9.17) is 0 Å². The number of rotatable bonds is 4. The van der Waals surface area contributed by atoms with Crippen LogP contribution in [-0.2, 0) is 16.4 Å². The molecule has 0 aromatic carbocycles. The van der Waals surface area contributed by atoms with E-state index < -0.39 is 10.0 Å². The third-order valence-electron chi connectivity index (χ3n) is 4.66. The highest BCUT2D eigenvalue weighted by Gasteiger charge is 2.28. The third-order valence-corrected chi connectivity index (χ3v) is 6.01. The molecule has 0 atom stereocenters. The summed E-state index contributed by atoms with van der Waals surface area (Å²) in [6.45, 7) is 0. The predicted octanol–water partition coefficient (Wildman–Crippen LogP) is 2.32. The third kappa shape index (κ3) is 2.60. The average Bonchev–Trinajstić information content (AvgIpc) is 2.95. The Kier molecular flexibility index (Phi) is 3.64. The Morgan fingerprint density at radius 1 is 1.12 bits per heavy atom. The topological polar surface area (TPSA) is 93.9 Å². The van der Waals surface area contributed by atoms with Crippen molar-refractivity contribution >= 4 is 21.6 Å². The number of aromatic nitrogens is 3. The van der Waals surface area contributed by atoms with Crippen molar-refractivity contribution in [3.05, 3.63) is 35.7 Å². The van der Waals surface area contributed by atoms with Gasteiger partial charge in [0, 0.05) is 12.0 Å². The number of Topliss-reactive ketones (excluding diaryl/α,β-unsaturated/α-hetero) is 1. The van der Waals surface area contributed by atoms with Gasteiger partial charge in [-0.15, -0.1) is 0 Å². The molecule has 2 aromatic heterocycles. The largest absolute Gasteiger partial charge is 0.294 e. The standard InChI is InChI=1S/C16H18N4O3S/c21-14-6-2-5-13-12(14)7-8-15(18-13)19-24(22,23)16-9-10-17-20(16)11-3-1-4-11/h7-11H,1-6H2,(H,18,19). The number of carbonyl (C=O) groups is 1. The lowest BCUT2D eigenvalue weighted by atomic mass is 9.93. The summed E-state index contributed by atoms with van der Waals surface area (Å²) in [6, 6.07) is 4.86.